The number of aromatic amines is 1. The van der Waals surface area contributed by atoms with E-state index in [-0.39, 0.29) is 12.1 Å². The first-order valence-electron chi connectivity index (χ1n) is 17.5. The summed E-state index contributed by atoms with van der Waals surface area (Å²) in [7, 11) is 2.19. The molecule has 254 valence electrons. The maximum atomic E-state index is 10.2. The predicted molar refractivity (Wildman–Crippen MR) is 186 cm³/mol. The Balaban J connectivity index is 1.25. The fourth-order valence-electron chi connectivity index (χ4n) is 9.29. The van der Waals surface area contributed by atoms with Gasteiger partial charge in [-0.1, -0.05) is 5.16 Å². The van der Waals surface area contributed by atoms with Gasteiger partial charge in [-0.2, -0.15) is 10.4 Å². The van der Waals surface area contributed by atoms with Crippen LogP contribution < -0.4 is 15.4 Å². The van der Waals surface area contributed by atoms with Crippen LogP contribution in [-0.2, 0) is 18.3 Å². The fourth-order valence-corrected chi connectivity index (χ4v) is 10.4. The summed E-state index contributed by atoms with van der Waals surface area (Å²) in [6.07, 6.45) is 9.63. The second kappa shape index (κ2) is 11.3. The Bertz CT molecular complexity index is 2130. The molecule has 0 amide bonds. The molecule has 0 bridgehead atoms. The molecule has 2 aliphatic carbocycles. The second-order valence-corrected chi connectivity index (χ2v) is 15.4. The molecular weight excluding hydrogens is 639 g/mol. The van der Waals surface area contributed by atoms with E-state index < -0.39 is 5.41 Å². The van der Waals surface area contributed by atoms with Gasteiger partial charge in [-0.25, -0.2) is 14.6 Å². The highest BCUT2D eigenvalue weighted by Gasteiger charge is 2.49. The number of nitrogens with zero attached hydrogens (tertiary/aromatic N) is 9. The molecule has 2 aliphatic heterocycles. The number of nitrogens with one attached hydrogen (secondary N) is 1. The van der Waals surface area contributed by atoms with Gasteiger partial charge in [0.25, 0.3) is 0 Å². The Morgan fingerprint density at radius 1 is 1.16 bits per heavy atom. The van der Waals surface area contributed by atoms with Crippen LogP contribution in [0.5, 0.6) is 5.88 Å². The third-order valence-corrected chi connectivity index (χ3v) is 12.8. The number of hydrogen-bond donors (Lipinski definition) is 2. The molecule has 5 aromatic heterocycles. The number of hydrogen-bond acceptors (Lipinski definition) is 12. The number of thiophene rings is 1. The lowest BCUT2D eigenvalue weighted by Crippen LogP contribution is -2.35. The molecule has 1 saturated heterocycles. The van der Waals surface area contributed by atoms with E-state index >= 15 is 0 Å². The van der Waals surface area contributed by atoms with Crippen LogP contribution in [-0.4, -0.2) is 72.8 Å². The fraction of sp³-hybridized carbons (Fsp3) is 0.543. The number of fused-ring (bicyclic) bond motifs is 4. The van der Waals surface area contributed by atoms with Crippen molar-refractivity contribution in [3.63, 3.8) is 0 Å². The Morgan fingerprint density at radius 2 is 2.00 bits per heavy atom. The van der Waals surface area contributed by atoms with Crippen molar-refractivity contribution < 1.29 is 9.26 Å². The summed E-state index contributed by atoms with van der Waals surface area (Å²) in [6.45, 7) is 8.60. The number of aryl methyl sites for hydroxylation is 2. The number of anilines is 2. The highest BCUT2D eigenvalue weighted by molar-refractivity contribution is 7.16. The Labute approximate surface area is 288 Å². The lowest BCUT2D eigenvalue weighted by Gasteiger charge is -2.39. The molecule has 3 N–H and O–H groups in total. The monoisotopic (exact) mass is 679 g/mol. The molecule has 4 aliphatic rings. The normalized spacial score (nSPS) is 23.2. The van der Waals surface area contributed by atoms with Crippen molar-refractivity contribution in [3.8, 4) is 23.5 Å². The smallest absolute Gasteiger partial charge is 0.246 e. The summed E-state index contributed by atoms with van der Waals surface area (Å²) in [6, 6.07) is 2.79. The SMILES string of the molecule is Cc1[nH]ncc1C(C)N1CCOc2nn(C(C)C3CCCN3C)c3nc(-c4noc5c4CCCC54CCCc5sc(N)c(C#N)c54)nc1c23. The van der Waals surface area contributed by atoms with E-state index in [4.69, 9.17) is 35.2 Å². The maximum Gasteiger partial charge on any atom is 0.246 e. The lowest BCUT2D eigenvalue weighted by molar-refractivity contribution is 0.227. The number of nitriles is 1. The van der Waals surface area contributed by atoms with Crippen LogP contribution in [0, 0.1) is 18.3 Å². The van der Waals surface area contributed by atoms with Gasteiger partial charge in [0, 0.05) is 27.7 Å². The minimum atomic E-state index is -0.425. The van der Waals surface area contributed by atoms with Gasteiger partial charge >= 0.3 is 0 Å². The number of H-pyrrole nitrogens is 1. The van der Waals surface area contributed by atoms with E-state index in [1.807, 2.05) is 13.1 Å². The number of likely N-dealkylation sites (N-methyl/N-ethyl adjacent to an activating group) is 1. The van der Waals surface area contributed by atoms with E-state index in [0.29, 0.717) is 47.2 Å². The van der Waals surface area contributed by atoms with Crippen molar-refractivity contribution in [1.82, 2.24) is 40.0 Å². The Kier molecular flexibility index (Phi) is 7.04. The van der Waals surface area contributed by atoms with Gasteiger partial charge in [0.2, 0.25) is 5.88 Å². The summed E-state index contributed by atoms with van der Waals surface area (Å²) in [4.78, 5) is 16.5. The van der Waals surface area contributed by atoms with E-state index in [0.717, 1.165) is 103 Å². The molecule has 4 unspecified atom stereocenters. The van der Waals surface area contributed by atoms with Crippen LogP contribution >= 0.6 is 11.3 Å². The third-order valence-electron chi connectivity index (χ3n) is 11.7. The zero-order chi connectivity index (χ0) is 33.6. The molecule has 49 heavy (non-hydrogen) atoms. The van der Waals surface area contributed by atoms with Gasteiger partial charge < -0.3 is 24.8 Å². The molecule has 4 atom stereocenters. The first-order chi connectivity index (χ1) is 23.8. The van der Waals surface area contributed by atoms with Crippen molar-refractivity contribution in [2.24, 2.45) is 0 Å². The number of aromatic nitrogens is 7. The molecule has 0 saturated carbocycles. The van der Waals surface area contributed by atoms with E-state index in [1.54, 1.807) is 11.3 Å². The van der Waals surface area contributed by atoms with E-state index in [2.05, 4.69) is 51.6 Å². The van der Waals surface area contributed by atoms with E-state index in [1.165, 1.54) is 4.88 Å². The van der Waals surface area contributed by atoms with Crippen LogP contribution in [0.2, 0.25) is 0 Å². The maximum absolute atomic E-state index is 10.2. The molecule has 14 heteroatoms. The summed E-state index contributed by atoms with van der Waals surface area (Å²) >= 11 is 1.55. The van der Waals surface area contributed by atoms with Gasteiger partial charge in [-0.15, -0.1) is 16.4 Å². The summed E-state index contributed by atoms with van der Waals surface area (Å²) in [5, 5.41) is 28.9. The number of rotatable bonds is 5. The average molecular weight is 680 g/mol. The average Bonchev–Trinajstić information content (AvgIpc) is 3.92. The van der Waals surface area contributed by atoms with Gasteiger partial charge in [-0.05, 0) is 91.3 Å². The van der Waals surface area contributed by atoms with Crippen molar-refractivity contribution in [2.45, 2.75) is 95.7 Å². The lowest BCUT2D eigenvalue weighted by atomic mass is 9.63. The molecule has 7 heterocycles. The van der Waals surface area contributed by atoms with Crippen molar-refractivity contribution in [3.05, 3.63) is 44.8 Å². The molecule has 1 spiro atoms. The highest BCUT2D eigenvalue weighted by atomic mass is 32.1. The molecule has 1 fully saturated rings. The molecule has 5 aromatic rings. The zero-order valence-electron chi connectivity index (χ0n) is 28.4. The first-order valence-corrected chi connectivity index (χ1v) is 18.3. The topological polar surface area (TPSA) is 164 Å². The number of nitrogen functional groups attached to an aromatic ring is 1. The standard InChI is InChI=1S/C35H41N11O2S/c1-18-23(17-38-41-18)19(2)45-14-15-47-34-26-32(45)39-31(40-33(26)46(42-34)20(3)24-9-7-13-44(24)4)28-21-8-5-11-35(29(21)48-43-28)12-6-10-25-27(35)22(16-36)30(37)49-25/h17,19-20,24H,5-15,37H2,1-4H3,(H,38,41). The molecular formula is C35H41N11O2S. The molecule has 0 aromatic carbocycles. The minimum Gasteiger partial charge on any atom is -0.474 e. The van der Waals surface area contributed by atoms with Crippen LogP contribution in [0.1, 0.15) is 103 Å². The first kappa shape index (κ1) is 30.6. The van der Waals surface area contributed by atoms with Crippen molar-refractivity contribution >= 4 is 33.2 Å². The Morgan fingerprint density at radius 3 is 2.76 bits per heavy atom. The Hall–Kier alpha value is -4.48. The van der Waals surface area contributed by atoms with Gasteiger partial charge in [-0.3, -0.25) is 5.10 Å². The molecule has 0 radical (unpaired) electrons. The quantitative estimate of drug-likeness (QED) is 0.238. The predicted octanol–water partition coefficient (Wildman–Crippen LogP) is 5.60. The van der Waals surface area contributed by atoms with Crippen LogP contribution in [0.3, 0.4) is 0 Å². The second-order valence-electron chi connectivity index (χ2n) is 14.3. The highest BCUT2D eigenvalue weighted by Crippen LogP contribution is 2.55. The number of ether oxygens (including phenoxy) is 1. The summed E-state index contributed by atoms with van der Waals surface area (Å²) < 4.78 is 14.8. The molecule has 13 nitrogen and oxygen atoms in total. The summed E-state index contributed by atoms with van der Waals surface area (Å²) in [5.41, 5.74) is 12.2. The van der Waals surface area contributed by atoms with Crippen LogP contribution in [0.25, 0.3) is 22.6 Å². The number of nitrogens with two attached hydrogens (primary N) is 1. The van der Waals surface area contributed by atoms with Gasteiger partial charge in [0.15, 0.2) is 22.9 Å². The minimum absolute atomic E-state index is 0.0374. The van der Waals surface area contributed by atoms with Crippen molar-refractivity contribution in [2.75, 3.05) is 37.4 Å². The summed E-state index contributed by atoms with van der Waals surface area (Å²) in [5.74, 6) is 2.71. The zero-order valence-corrected chi connectivity index (χ0v) is 29.2. The third kappa shape index (κ3) is 4.40. The largest absolute Gasteiger partial charge is 0.474 e. The molecule has 9 rings (SSSR count). The van der Waals surface area contributed by atoms with Crippen LogP contribution in [0.15, 0.2) is 10.7 Å². The van der Waals surface area contributed by atoms with E-state index in [9.17, 15) is 5.26 Å². The van der Waals surface area contributed by atoms with Crippen LogP contribution in [0.4, 0.5) is 10.8 Å². The van der Waals surface area contributed by atoms with Gasteiger partial charge in [0.05, 0.1) is 35.8 Å². The van der Waals surface area contributed by atoms with Gasteiger partial charge in [0.1, 0.15) is 28.9 Å². The van der Waals surface area contributed by atoms with Crippen molar-refractivity contribution in [1.29, 1.82) is 5.26 Å². The number of likely N-dealkylation sites (tertiary alicyclic amines) is 1.